The fourth-order valence-electron chi connectivity index (χ4n) is 0.495. The molecule has 0 atom stereocenters. The summed E-state index contributed by atoms with van der Waals surface area (Å²) in [4.78, 5) is 10.7. The van der Waals surface area contributed by atoms with Crippen LogP contribution >= 0.6 is 11.8 Å². The highest BCUT2D eigenvalue weighted by molar-refractivity contribution is 7.98. The highest BCUT2D eigenvalue weighted by Gasteiger charge is 2.00. The van der Waals surface area contributed by atoms with Crippen LogP contribution in [0.5, 0.6) is 0 Å². The summed E-state index contributed by atoms with van der Waals surface area (Å²) < 4.78 is 14.3. The highest BCUT2D eigenvalue weighted by Crippen LogP contribution is 1.92. The van der Waals surface area contributed by atoms with E-state index in [0.29, 0.717) is 12.5 Å². The Morgan fingerprint density at radius 3 is 2.85 bits per heavy atom. The molecule has 0 amide bonds. The van der Waals surface area contributed by atoms with Crippen molar-refractivity contribution in [3.8, 4) is 0 Å². The summed E-state index contributed by atoms with van der Waals surface area (Å²) in [6, 6.07) is 0. The van der Waals surface area contributed by atoms with Crippen molar-refractivity contribution in [2.45, 2.75) is 0 Å². The maximum Gasteiger partial charge on any atom is 0.508 e. The second-order valence-corrected chi connectivity index (χ2v) is 2.83. The Morgan fingerprint density at radius 1 is 1.46 bits per heavy atom. The molecule has 13 heavy (non-hydrogen) atoms. The molecule has 0 unspecified atom stereocenters. The summed E-state index contributed by atoms with van der Waals surface area (Å²) in [6.07, 6.45) is 2.72. The van der Waals surface area contributed by atoms with Crippen LogP contribution in [-0.2, 0) is 14.2 Å². The molecule has 0 spiro atoms. The van der Waals surface area contributed by atoms with Crippen LogP contribution in [0.25, 0.3) is 0 Å². The first-order valence-corrected chi connectivity index (χ1v) is 5.17. The van der Waals surface area contributed by atoms with Crippen LogP contribution in [0.1, 0.15) is 0 Å². The topological polar surface area (TPSA) is 44.8 Å². The van der Waals surface area contributed by atoms with Gasteiger partial charge in [0.1, 0.15) is 13.2 Å². The fourth-order valence-corrected chi connectivity index (χ4v) is 0.779. The molecule has 0 bridgehead atoms. The Balaban J connectivity index is 3.12. The molecule has 0 N–H and O–H groups in total. The van der Waals surface area contributed by atoms with E-state index in [-0.39, 0.29) is 13.2 Å². The molecule has 0 rings (SSSR count). The average Bonchev–Trinajstić information content (AvgIpc) is 2.14. The molecule has 0 saturated heterocycles. The van der Waals surface area contributed by atoms with Gasteiger partial charge in [-0.2, -0.15) is 0 Å². The predicted octanol–water partition coefficient (Wildman–Crippen LogP) is 1.66. The highest BCUT2D eigenvalue weighted by atomic mass is 32.2. The molecule has 0 aliphatic heterocycles. The smallest absolute Gasteiger partial charge is 0.432 e. The second-order valence-electron chi connectivity index (χ2n) is 2.01. The summed E-state index contributed by atoms with van der Waals surface area (Å²) in [6.45, 7) is 4.18. The van der Waals surface area contributed by atoms with Gasteiger partial charge < -0.3 is 14.2 Å². The number of hydrogen-bond acceptors (Lipinski definition) is 5. The van der Waals surface area contributed by atoms with Crippen LogP contribution in [0.4, 0.5) is 4.79 Å². The summed E-state index contributed by atoms with van der Waals surface area (Å²) in [5.41, 5.74) is 0. The zero-order valence-electron chi connectivity index (χ0n) is 7.65. The Labute approximate surface area is 82.2 Å². The van der Waals surface area contributed by atoms with E-state index in [0.717, 1.165) is 0 Å². The number of rotatable bonds is 7. The minimum absolute atomic E-state index is 0.171. The molecule has 0 saturated carbocycles. The lowest BCUT2D eigenvalue weighted by molar-refractivity contribution is 0.0405. The molecule has 0 aromatic carbocycles. The van der Waals surface area contributed by atoms with Gasteiger partial charge in [-0.15, -0.1) is 11.8 Å². The van der Waals surface area contributed by atoms with Crippen LogP contribution in [0.15, 0.2) is 12.7 Å². The maximum atomic E-state index is 10.7. The number of thioether (sulfide) groups is 1. The van der Waals surface area contributed by atoms with Crippen molar-refractivity contribution in [2.75, 3.05) is 32.0 Å². The first-order valence-electron chi connectivity index (χ1n) is 3.78. The van der Waals surface area contributed by atoms with Gasteiger partial charge in [-0.05, 0) is 6.26 Å². The van der Waals surface area contributed by atoms with Crippen LogP contribution in [0.2, 0.25) is 0 Å². The Morgan fingerprint density at radius 2 is 2.23 bits per heavy atom. The number of carbonyl (C=O) groups is 1. The molecule has 0 radical (unpaired) electrons. The average molecular weight is 206 g/mol. The van der Waals surface area contributed by atoms with Gasteiger partial charge in [-0.1, -0.05) is 12.7 Å². The van der Waals surface area contributed by atoms with Gasteiger partial charge in [0.15, 0.2) is 0 Å². The molecular weight excluding hydrogens is 192 g/mol. The van der Waals surface area contributed by atoms with Crippen molar-refractivity contribution in [1.29, 1.82) is 0 Å². The van der Waals surface area contributed by atoms with E-state index in [1.165, 1.54) is 6.08 Å². The van der Waals surface area contributed by atoms with Gasteiger partial charge in [0, 0.05) is 0 Å². The third kappa shape index (κ3) is 9.23. The number of hydrogen-bond donors (Lipinski definition) is 0. The maximum absolute atomic E-state index is 10.7. The van der Waals surface area contributed by atoms with E-state index in [2.05, 4.69) is 16.1 Å². The lowest BCUT2D eigenvalue weighted by Crippen LogP contribution is -2.11. The molecule has 4 nitrogen and oxygen atoms in total. The lowest BCUT2D eigenvalue weighted by atomic mass is 10.7. The Hall–Kier alpha value is -0.680. The molecule has 0 aliphatic carbocycles. The molecule has 0 aromatic heterocycles. The van der Waals surface area contributed by atoms with Crippen LogP contribution < -0.4 is 0 Å². The zero-order valence-corrected chi connectivity index (χ0v) is 8.47. The SMILES string of the molecule is C=CCOC(=O)OCCOCSC. The normalized spacial score (nSPS) is 9.31. The van der Waals surface area contributed by atoms with Crippen molar-refractivity contribution < 1.29 is 19.0 Å². The summed E-state index contributed by atoms with van der Waals surface area (Å²) >= 11 is 1.57. The van der Waals surface area contributed by atoms with E-state index in [1.54, 1.807) is 11.8 Å². The fraction of sp³-hybridized carbons (Fsp3) is 0.625. The van der Waals surface area contributed by atoms with Crippen LogP contribution in [-0.4, -0.2) is 38.2 Å². The predicted molar refractivity (Wildman–Crippen MR) is 51.8 cm³/mol. The summed E-state index contributed by atoms with van der Waals surface area (Å²) in [5.74, 6) is 0.602. The number of carbonyl (C=O) groups excluding carboxylic acids is 1. The van der Waals surface area contributed by atoms with Gasteiger partial charge in [-0.25, -0.2) is 4.79 Å². The third-order valence-electron chi connectivity index (χ3n) is 0.968. The molecule has 0 aromatic rings. The molecule has 5 heteroatoms. The molecule has 0 heterocycles. The van der Waals surface area contributed by atoms with Gasteiger partial charge >= 0.3 is 6.16 Å². The van der Waals surface area contributed by atoms with Crippen molar-refractivity contribution in [3.05, 3.63) is 12.7 Å². The van der Waals surface area contributed by atoms with Gasteiger partial charge in [-0.3, -0.25) is 0 Å². The van der Waals surface area contributed by atoms with E-state index in [9.17, 15) is 4.79 Å². The van der Waals surface area contributed by atoms with Gasteiger partial charge in [0.25, 0.3) is 0 Å². The lowest BCUT2D eigenvalue weighted by Gasteiger charge is -2.04. The molecular formula is C8H14O4S. The van der Waals surface area contributed by atoms with Crippen LogP contribution in [0.3, 0.4) is 0 Å². The largest absolute Gasteiger partial charge is 0.508 e. The second kappa shape index (κ2) is 9.41. The Bertz CT molecular complexity index is 149. The number of ether oxygens (including phenoxy) is 3. The van der Waals surface area contributed by atoms with Gasteiger partial charge in [0.05, 0.1) is 12.5 Å². The standard InChI is InChI=1S/C8H14O4S/c1-3-4-11-8(9)12-6-5-10-7-13-2/h3H,1,4-7H2,2H3. The van der Waals surface area contributed by atoms with Crippen LogP contribution in [0, 0.1) is 0 Å². The zero-order chi connectivity index (χ0) is 9.94. The van der Waals surface area contributed by atoms with E-state index >= 15 is 0 Å². The van der Waals surface area contributed by atoms with Gasteiger partial charge in [0.2, 0.25) is 0 Å². The van der Waals surface area contributed by atoms with E-state index in [4.69, 9.17) is 4.74 Å². The first kappa shape index (κ1) is 12.3. The summed E-state index contributed by atoms with van der Waals surface area (Å²) in [5, 5.41) is 0. The molecule has 0 aliphatic rings. The Kier molecular flexibility index (Phi) is 8.92. The third-order valence-corrected chi connectivity index (χ3v) is 1.37. The quantitative estimate of drug-likeness (QED) is 0.274. The minimum atomic E-state index is -0.687. The molecule has 0 fully saturated rings. The van der Waals surface area contributed by atoms with Crippen molar-refractivity contribution in [1.82, 2.24) is 0 Å². The van der Waals surface area contributed by atoms with Crippen molar-refractivity contribution in [2.24, 2.45) is 0 Å². The molecule has 76 valence electrons. The minimum Gasteiger partial charge on any atom is -0.432 e. The summed E-state index contributed by atoms with van der Waals surface area (Å²) in [7, 11) is 0. The van der Waals surface area contributed by atoms with Crippen molar-refractivity contribution in [3.63, 3.8) is 0 Å². The van der Waals surface area contributed by atoms with E-state index < -0.39 is 6.16 Å². The van der Waals surface area contributed by atoms with E-state index in [1.807, 2.05) is 6.26 Å². The monoisotopic (exact) mass is 206 g/mol. The van der Waals surface area contributed by atoms with Crippen molar-refractivity contribution >= 4 is 17.9 Å². The first-order chi connectivity index (χ1) is 6.31.